The second kappa shape index (κ2) is 4.28. The Hall–Kier alpha value is -0.570. The largest absolute Gasteiger partial charge is 0.384 e. The Labute approximate surface area is 61.4 Å². The molecule has 1 amide bonds. The topological polar surface area (TPSA) is 49.3 Å². The fraction of sp³-hybridized carbons (Fsp3) is 0.857. The van der Waals surface area contributed by atoms with Crippen LogP contribution < -0.4 is 5.32 Å². The van der Waals surface area contributed by atoms with Gasteiger partial charge in [-0.25, -0.2) is 0 Å². The zero-order chi connectivity index (χ0) is 8.15. The summed E-state index contributed by atoms with van der Waals surface area (Å²) >= 11 is 0. The summed E-state index contributed by atoms with van der Waals surface area (Å²) in [6.45, 7) is 5.34. The standard InChI is InChI=1S/C7H15NO2/c1-4-5(2)8-7(10)6(3)9/h5-6,9H,4H2,1-3H3,(H,8,10)/t5-,6-/m0/s1. The third-order valence-electron chi connectivity index (χ3n) is 1.38. The van der Waals surface area contributed by atoms with Gasteiger partial charge in [-0.1, -0.05) is 6.92 Å². The highest BCUT2D eigenvalue weighted by Crippen LogP contribution is 1.89. The van der Waals surface area contributed by atoms with E-state index in [1.807, 2.05) is 13.8 Å². The van der Waals surface area contributed by atoms with Crippen LogP contribution in [0.3, 0.4) is 0 Å². The summed E-state index contributed by atoms with van der Waals surface area (Å²) in [5, 5.41) is 11.4. The van der Waals surface area contributed by atoms with Crippen LogP contribution in [0, 0.1) is 0 Å². The zero-order valence-electron chi connectivity index (χ0n) is 6.72. The van der Waals surface area contributed by atoms with E-state index < -0.39 is 6.10 Å². The number of aliphatic hydroxyl groups excluding tert-OH is 1. The highest BCUT2D eigenvalue weighted by molar-refractivity contribution is 5.80. The number of rotatable bonds is 3. The number of aliphatic hydroxyl groups is 1. The number of hydrogen-bond donors (Lipinski definition) is 2. The monoisotopic (exact) mass is 145 g/mol. The van der Waals surface area contributed by atoms with Gasteiger partial charge in [-0.3, -0.25) is 4.79 Å². The van der Waals surface area contributed by atoms with Crippen molar-refractivity contribution in [1.29, 1.82) is 0 Å². The minimum atomic E-state index is -0.894. The molecule has 0 unspecified atom stereocenters. The van der Waals surface area contributed by atoms with Gasteiger partial charge in [0.05, 0.1) is 0 Å². The average Bonchev–Trinajstić information content (AvgIpc) is 1.87. The van der Waals surface area contributed by atoms with Gasteiger partial charge in [0.25, 0.3) is 0 Å². The minimum Gasteiger partial charge on any atom is -0.384 e. The van der Waals surface area contributed by atoms with E-state index in [-0.39, 0.29) is 11.9 Å². The molecule has 0 fully saturated rings. The molecule has 0 aromatic carbocycles. The first kappa shape index (κ1) is 9.43. The molecule has 60 valence electrons. The molecule has 0 spiro atoms. The number of amides is 1. The second-order valence-electron chi connectivity index (χ2n) is 2.49. The normalized spacial score (nSPS) is 16.0. The van der Waals surface area contributed by atoms with Crippen LogP contribution in [0.25, 0.3) is 0 Å². The van der Waals surface area contributed by atoms with Gasteiger partial charge in [-0.2, -0.15) is 0 Å². The third-order valence-corrected chi connectivity index (χ3v) is 1.38. The first-order valence-corrected chi connectivity index (χ1v) is 3.56. The third kappa shape index (κ3) is 3.45. The minimum absolute atomic E-state index is 0.155. The van der Waals surface area contributed by atoms with Crippen LogP contribution in [0.2, 0.25) is 0 Å². The van der Waals surface area contributed by atoms with Gasteiger partial charge in [0, 0.05) is 6.04 Å². The van der Waals surface area contributed by atoms with Crippen LogP contribution in [0.4, 0.5) is 0 Å². The number of nitrogens with one attached hydrogen (secondary N) is 1. The Morgan fingerprint density at radius 1 is 1.60 bits per heavy atom. The van der Waals surface area contributed by atoms with Crippen molar-refractivity contribution >= 4 is 5.91 Å². The maximum Gasteiger partial charge on any atom is 0.248 e. The first-order chi connectivity index (χ1) is 4.57. The lowest BCUT2D eigenvalue weighted by molar-refractivity contribution is -0.129. The Balaban J connectivity index is 3.57. The summed E-state index contributed by atoms with van der Waals surface area (Å²) in [5.74, 6) is -0.297. The molecular weight excluding hydrogens is 130 g/mol. The van der Waals surface area contributed by atoms with Crippen molar-refractivity contribution in [2.75, 3.05) is 0 Å². The lowest BCUT2D eigenvalue weighted by Gasteiger charge is -2.12. The average molecular weight is 145 g/mol. The Morgan fingerprint density at radius 2 is 2.10 bits per heavy atom. The van der Waals surface area contributed by atoms with E-state index in [1.54, 1.807) is 0 Å². The maximum atomic E-state index is 10.8. The van der Waals surface area contributed by atoms with Gasteiger partial charge in [-0.05, 0) is 20.3 Å². The van der Waals surface area contributed by atoms with Crippen LogP contribution in [0.1, 0.15) is 27.2 Å². The predicted molar refractivity (Wildman–Crippen MR) is 39.6 cm³/mol. The van der Waals surface area contributed by atoms with Crippen molar-refractivity contribution in [2.24, 2.45) is 0 Å². The zero-order valence-corrected chi connectivity index (χ0v) is 6.72. The quantitative estimate of drug-likeness (QED) is 0.599. The smallest absolute Gasteiger partial charge is 0.248 e. The fourth-order valence-corrected chi connectivity index (χ4v) is 0.466. The second-order valence-corrected chi connectivity index (χ2v) is 2.49. The number of hydrogen-bond acceptors (Lipinski definition) is 2. The van der Waals surface area contributed by atoms with Crippen LogP contribution in [-0.4, -0.2) is 23.2 Å². The molecule has 0 saturated carbocycles. The molecule has 0 aliphatic rings. The van der Waals surface area contributed by atoms with E-state index in [1.165, 1.54) is 6.92 Å². The van der Waals surface area contributed by atoms with Gasteiger partial charge < -0.3 is 10.4 Å². The van der Waals surface area contributed by atoms with Gasteiger partial charge in [0.15, 0.2) is 0 Å². The predicted octanol–water partition coefficient (Wildman–Crippen LogP) is 0.282. The number of carbonyl (C=O) groups excluding carboxylic acids is 1. The van der Waals surface area contributed by atoms with Crippen molar-refractivity contribution < 1.29 is 9.90 Å². The molecule has 3 heteroatoms. The van der Waals surface area contributed by atoms with E-state index in [4.69, 9.17) is 5.11 Å². The molecule has 0 aromatic rings. The lowest BCUT2D eigenvalue weighted by atomic mass is 10.2. The molecule has 0 saturated heterocycles. The molecular formula is C7H15NO2. The van der Waals surface area contributed by atoms with E-state index in [9.17, 15) is 4.79 Å². The molecule has 0 aliphatic heterocycles. The molecule has 0 aliphatic carbocycles. The summed E-state index contributed by atoms with van der Waals surface area (Å²) in [6.07, 6.45) is -0.00708. The molecule has 0 heterocycles. The molecule has 10 heavy (non-hydrogen) atoms. The van der Waals surface area contributed by atoms with Gasteiger partial charge in [-0.15, -0.1) is 0 Å². The van der Waals surface area contributed by atoms with Gasteiger partial charge >= 0.3 is 0 Å². The van der Waals surface area contributed by atoms with E-state index >= 15 is 0 Å². The van der Waals surface area contributed by atoms with E-state index in [2.05, 4.69) is 5.32 Å². The Bertz CT molecular complexity index is 112. The highest BCUT2D eigenvalue weighted by atomic mass is 16.3. The van der Waals surface area contributed by atoms with E-state index in [0.29, 0.717) is 0 Å². The van der Waals surface area contributed by atoms with Gasteiger partial charge in [0.1, 0.15) is 6.10 Å². The SMILES string of the molecule is CC[C@H](C)NC(=O)[C@H](C)O. The molecule has 2 N–H and O–H groups in total. The van der Waals surface area contributed by atoms with Crippen LogP contribution in [-0.2, 0) is 4.79 Å². The van der Waals surface area contributed by atoms with Crippen LogP contribution in [0.5, 0.6) is 0 Å². The summed E-state index contributed by atoms with van der Waals surface area (Å²) < 4.78 is 0. The Kier molecular flexibility index (Phi) is 4.03. The molecule has 2 atom stereocenters. The van der Waals surface area contributed by atoms with Crippen LogP contribution >= 0.6 is 0 Å². The first-order valence-electron chi connectivity index (χ1n) is 3.56. The Morgan fingerprint density at radius 3 is 2.40 bits per heavy atom. The van der Waals surface area contributed by atoms with Crippen molar-refractivity contribution in [3.63, 3.8) is 0 Å². The number of carbonyl (C=O) groups is 1. The van der Waals surface area contributed by atoms with E-state index in [0.717, 1.165) is 6.42 Å². The van der Waals surface area contributed by atoms with Crippen LogP contribution in [0.15, 0.2) is 0 Å². The van der Waals surface area contributed by atoms with Crippen molar-refractivity contribution in [2.45, 2.75) is 39.3 Å². The molecule has 0 bridgehead atoms. The summed E-state index contributed by atoms with van der Waals surface area (Å²) in [7, 11) is 0. The molecule has 0 rings (SSSR count). The van der Waals surface area contributed by atoms with Crippen molar-refractivity contribution in [3.05, 3.63) is 0 Å². The summed E-state index contributed by atoms with van der Waals surface area (Å²) in [5.41, 5.74) is 0. The molecule has 3 nitrogen and oxygen atoms in total. The summed E-state index contributed by atoms with van der Waals surface area (Å²) in [6, 6.07) is 0.155. The highest BCUT2D eigenvalue weighted by Gasteiger charge is 2.09. The van der Waals surface area contributed by atoms with Crippen molar-refractivity contribution in [3.8, 4) is 0 Å². The molecule has 0 aromatic heterocycles. The molecule has 0 radical (unpaired) electrons. The van der Waals surface area contributed by atoms with Gasteiger partial charge in [0.2, 0.25) is 5.91 Å². The maximum absolute atomic E-state index is 10.8. The summed E-state index contributed by atoms with van der Waals surface area (Å²) in [4.78, 5) is 10.8. The lowest BCUT2D eigenvalue weighted by Crippen LogP contribution is -2.38. The fourth-order valence-electron chi connectivity index (χ4n) is 0.466. The van der Waals surface area contributed by atoms with Crippen molar-refractivity contribution in [1.82, 2.24) is 5.32 Å².